The Morgan fingerprint density at radius 3 is 2.42 bits per heavy atom. The molecule has 0 unspecified atom stereocenters. The highest BCUT2D eigenvalue weighted by Crippen LogP contribution is 2.42. The minimum atomic E-state index is -1.23. The Kier molecular flexibility index (Phi) is 6.90. The van der Waals surface area contributed by atoms with Crippen LogP contribution in [0.4, 0.5) is 4.39 Å². The van der Waals surface area contributed by atoms with Gasteiger partial charge in [0.05, 0.1) is 5.60 Å². The zero-order valence-electron chi connectivity index (χ0n) is 21.2. The Labute approximate surface area is 214 Å². The first kappa shape index (κ1) is 25.8. The lowest BCUT2D eigenvalue weighted by Crippen LogP contribution is -2.28. The molecule has 1 atom stereocenters. The third kappa shape index (κ3) is 4.99. The molecule has 8 heteroatoms. The Hall–Kier alpha value is -3.29. The van der Waals surface area contributed by atoms with Crippen LogP contribution >= 0.6 is 11.6 Å². The summed E-state index contributed by atoms with van der Waals surface area (Å²) in [7, 11) is 0. The summed E-state index contributed by atoms with van der Waals surface area (Å²) in [6.45, 7) is 11.6. The topological polar surface area (TPSA) is 77.2 Å². The molecule has 0 aliphatic carbocycles. The molecular formula is C28H29ClFN3O3. The molecule has 6 nitrogen and oxygen atoms in total. The van der Waals surface area contributed by atoms with Gasteiger partial charge in [-0.05, 0) is 82.5 Å². The smallest absolute Gasteiger partial charge is 0.337 e. The molecule has 0 aliphatic rings. The second-order valence-corrected chi connectivity index (χ2v) is 10.4. The van der Waals surface area contributed by atoms with Gasteiger partial charge in [0.1, 0.15) is 5.65 Å². The van der Waals surface area contributed by atoms with Crippen molar-refractivity contribution in [2.45, 2.75) is 59.8 Å². The lowest BCUT2D eigenvalue weighted by atomic mass is 9.91. The van der Waals surface area contributed by atoms with Crippen LogP contribution in [-0.2, 0) is 16.1 Å². The summed E-state index contributed by atoms with van der Waals surface area (Å²) < 4.78 is 21.9. The van der Waals surface area contributed by atoms with Crippen LogP contribution in [0.3, 0.4) is 0 Å². The number of fused-ring (bicyclic) bond motifs is 1. The number of carbonyl (C=O) groups is 1. The molecule has 0 fully saturated rings. The predicted octanol–water partition coefficient (Wildman–Crippen LogP) is 6.81. The average molecular weight is 510 g/mol. The first-order valence-electron chi connectivity index (χ1n) is 11.6. The first-order valence-corrected chi connectivity index (χ1v) is 12.0. The molecule has 3 aromatic heterocycles. The fraction of sp³-hybridized carbons (Fsp3) is 0.321. The Morgan fingerprint density at radius 2 is 1.83 bits per heavy atom. The molecule has 0 bridgehead atoms. The Balaban J connectivity index is 2.07. The zero-order chi connectivity index (χ0) is 26.4. The zero-order valence-corrected chi connectivity index (χ0v) is 21.9. The third-order valence-electron chi connectivity index (χ3n) is 6.21. The van der Waals surface area contributed by atoms with E-state index in [0.29, 0.717) is 28.5 Å². The summed E-state index contributed by atoms with van der Waals surface area (Å²) in [5.74, 6) is -1.64. The molecule has 1 aromatic carbocycles. The van der Waals surface area contributed by atoms with Gasteiger partial charge in [0.2, 0.25) is 5.95 Å². The molecule has 36 heavy (non-hydrogen) atoms. The van der Waals surface area contributed by atoms with Crippen LogP contribution in [-0.4, -0.2) is 31.2 Å². The van der Waals surface area contributed by atoms with Crippen LogP contribution in [0.5, 0.6) is 0 Å². The lowest BCUT2D eigenvalue weighted by Gasteiger charge is -2.28. The first-order chi connectivity index (χ1) is 16.9. The van der Waals surface area contributed by atoms with Gasteiger partial charge >= 0.3 is 5.97 Å². The van der Waals surface area contributed by atoms with Crippen molar-refractivity contribution < 1.29 is 19.0 Å². The summed E-state index contributed by atoms with van der Waals surface area (Å²) in [5, 5.41) is 11.6. The van der Waals surface area contributed by atoms with Crippen molar-refractivity contribution in [3.8, 4) is 11.1 Å². The van der Waals surface area contributed by atoms with Crippen molar-refractivity contribution in [3.63, 3.8) is 0 Å². The minimum absolute atomic E-state index is 0.391. The van der Waals surface area contributed by atoms with E-state index in [4.69, 9.17) is 21.3 Å². The van der Waals surface area contributed by atoms with Gasteiger partial charge in [-0.2, -0.15) is 4.39 Å². The fourth-order valence-electron chi connectivity index (χ4n) is 4.54. The molecular weight excluding hydrogens is 481 g/mol. The number of ether oxygens (including phenoxy) is 1. The predicted molar refractivity (Wildman–Crippen MR) is 139 cm³/mol. The number of hydrogen-bond acceptors (Lipinski definition) is 4. The number of carboxylic acid groups (broad SMARTS) is 1. The highest BCUT2D eigenvalue weighted by Gasteiger charge is 2.33. The second kappa shape index (κ2) is 9.64. The molecule has 0 amide bonds. The molecule has 4 rings (SSSR count). The number of halogens is 2. The number of aliphatic carboxylic acids is 1. The maximum atomic E-state index is 13.8. The lowest BCUT2D eigenvalue weighted by molar-refractivity contribution is -0.160. The molecule has 0 aliphatic heterocycles. The second-order valence-electron chi connectivity index (χ2n) is 9.92. The summed E-state index contributed by atoms with van der Waals surface area (Å²) in [4.78, 5) is 21.1. The van der Waals surface area contributed by atoms with Crippen LogP contribution in [0.15, 0.2) is 42.6 Å². The monoisotopic (exact) mass is 509 g/mol. The maximum absolute atomic E-state index is 13.8. The van der Waals surface area contributed by atoms with Crippen LogP contribution in [0.2, 0.25) is 5.02 Å². The Bertz CT molecular complexity index is 1460. The highest BCUT2D eigenvalue weighted by molar-refractivity contribution is 6.30. The van der Waals surface area contributed by atoms with Gasteiger partial charge in [0, 0.05) is 45.7 Å². The van der Waals surface area contributed by atoms with Crippen LogP contribution in [0.1, 0.15) is 55.0 Å². The van der Waals surface area contributed by atoms with E-state index in [2.05, 4.69) is 4.98 Å². The normalized spacial score (nSPS) is 12.8. The van der Waals surface area contributed by atoms with E-state index in [1.54, 1.807) is 25.1 Å². The van der Waals surface area contributed by atoms with E-state index in [1.807, 2.05) is 51.3 Å². The number of aryl methyl sites for hydroxylation is 2. The maximum Gasteiger partial charge on any atom is 0.337 e. The minimum Gasteiger partial charge on any atom is -0.479 e. The molecule has 188 valence electrons. The Morgan fingerprint density at radius 1 is 1.17 bits per heavy atom. The number of benzene rings is 1. The molecule has 0 radical (unpaired) electrons. The van der Waals surface area contributed by atoms with Crippen molar-refractivity contribution in [3.05, 3.63) is 81.6 Å². The van der Waals surface area contributed by atoms with Gasteiger partial charge in [-0.25, -0.2) is 14.8 Å². The van der Waals surface area contributed by atoms with E-state index in [-0.39, 0.29) is 0 Å². The third-order valence-corrected chi connectivity index (χ3v) is 6.46. The van der Waals surface area contributed by atoms with Crippen molar-refractivity contribution >= 4 is 28.6 Å². The summed E-state index contributed by atoms with van der Waals surface area (Å²) in [5.41, 5.74) is 5.24. The van der Waals surface area contributed by atoms with E-state index in [0.717, 1.165) is 33.3 Å². The summed E-state index contributed by atoms with van der Waals surface area (Å²) in [6, 6.07) is 10.5. The summed E-state index contributed by atoms with van der Waals surface area (Å²) >= 11 is 6.18. The van der Waals surface area contributed by atoms with Crippen molar-refractivity contribution in [1.29, 1.82) is 0 Å². The van der Waals surface area contributed by atoms with Crippen molar-refractivity contribution in [2.24, 2.45) is 0 Å². The number of aromatic nitrogens is 3. The van der Waals surface area contributed by atoms with E-state index in [1.165, 1.54) is 12.3 Å². The van der Waals surface area contributed by atoms with Gasteiger partial charge in [0.25, 0.3) is 0 Å². The van der Waals surface area contributed by atoms with Gasteiger partial charge in [-0.15, -0.1) is 0 Å². The molecule has 0 spiro atoms. The standard InChI is InChI=1S/C28H29ClFN3O3/c1-15-17(3)33(14-18-11-12-31-21(30)13-18)26-22(15)24(19-7-9-20(29)10-8-19)23(16(2)32-26)25(27(34)35)36-28(4,5)6/h7-13,25H,14H2,1-6H3,(H,34,35)/t25-/m0/s1. The fourth-order valence-corrected chi connectivity index (χ4v) is 4.66. The van der Waals surface area contributed by atoms with E-state index in [9.17, 15) is 14.3 Å². The number of hydrogen-bond donors (Lipinski definition) is 1. The SMILES string of the molecule is Cc1nc2c(c(C)c(C)n2Cc2ccnc(F)c2)c(-c2ccc(Cl)cc2)c1[C@H](OC(C)(C)C)C(=O)O. The van der Waals surface area contributed by atoms with Crippen molar-refractivity contribution in [2.75, 3.05) is 0 Å². The van der Waals surface area contributed by atoms with Gasteiger partial charge < -0.3 is 14.4 Å². The number of nitrogens with zero attached hydrogens (tertiary/aromatic N) is 3. The van der Waals surface area contributed by atoms with Crippen molar-refractivity contribution in [1.82, 2.24) is 14.5 Å². The van der Waals surface area contributed by atoms with Crippen LogP contribution < -0.4 is 0 Å². The molecule has 4 aromatic rings. The molecule has 1 N–H and O–H groups in total. The summed E-state index contributed by atoms with van der Waals surface area (Å²) in [6.07, 6.45) is 0.209. The van der Waals surface area contributed by atoms with Gasteiger partial charge in [0.15, 0.2) is 6.10 Å². The molecule has 0 saturated heterocycles. The number of rotatable bonds is 6. The largest absolute Gasteiger partial charge is 0.479 e. The van der Waals surface area contributed by atoms with Gasteiger partial charge in [-0.1, -0.05) is 23.7 Å². The molecule has 3 heterocycles. The molecule has 0 saturated carbocycles. The number of carboxylic acids is 1. The van der Waals surface area contributed by atoms with E-state index >= 15 is 0 Å². The number of pyridine rings is 2. The van der Waals surface area contributed by atoms with Gasteiger partial charge in [-0.3, -0.25) is 0 Å². The average Bonchev–Trinajstić information content (AvgIpc) is 3.01. The van der Waals surface area contributed by atoms with Crippen LogP contribution in [0, 0.1) is 26.7 Å². The highest BCUT2D eigenvalue weighted by atomic mass is 35.5. The van der Waals surface area contributed by atoms with E-state index < -0.39 is 23.6 Å². The quantitative estimate of drug-likeness (QED) is 0.289. The van der Waals surface area contributed by atoms with Crippen LogP contribution in [0.25, 0.3) is 22.2 Å².